The van der Waals surface area contributed by atoms with Gasteiger partial charge in [0.25, 0.3) is 5.91 Å². The molecule has 4 nitrogen and oxygen atoms in total. The van der Waals surface area contributed by atoms with Gasteiger partial charge in [-0.2, -0.15) is 0 Å². The minimum atomic E-state index is -0.127. The molecule has 168 valence electrons. The van der Waals surface area contributed by atoms with Crippen LogP contribution in [0.5, 0.6) is 5.75 Å². The van der Waals surface area contributed by atoms with E-state index in [-0.39, 0.29) is 5.91 Å². The van der Waals surface area contributed by atoms with E-state index in [2.05, 4.69) is 15.9 Å². The van der Waals surface area contributed by atoms with Crippen molar-refractivity contribution in [1.29, 1.82) is 0 Å². The molecule has 3 aromatic rings. The summed E-state index contributed by atoms with van der Waals surface area (Å²) < 4.78 is 7.22. The van der Waals surface area contributed by atoms with Crippen molar-refractivity contribution in [3.05, 3.63) is 92.3 Å². The van der Waals surface area contributed by atoms with Crippen LogP contribution in [0.15, 0.2) is 76.1 Å². The molecule has 0 unspecified atom stereocenters. The highest BCUT2D eigenvalue weighted by atomic mass is 79.9. The summed E-state index contributed by atoms with van der Waals surface area (Å²) in [5.41, 5.74) is 3.60. The number of carbonyl (C=O) groups excluding carboxylic acids is 1. The summed E-state index contributed by atoms with van der Waals surface area (Å²) in [4.78, 5) is 17.2. The fraction of sp³-hybridized carbons (Fsp3) is 0.120. The molecule has 8 heteroatoms. The molecule has 0 saturated carbocycles. The Hall–Kier alpha value is -2.32. The van der Waals surface area contributed by atoms with Crippen LogP contribution in [-0.2, 0) is 11.4 Å². The molecule has 0 aromatic heterocycles. The standard InChI is InChI=1S/C25H20BrClN2O2S2/c1-28(2)18-8-10-19(11-9-18)29-24(30)23(33-25(29)32)14-16-7-12-22(20(26)13-16)31-15-17-5-3-4-6-21(17)27/h3-14H,15H2,1-2H3/b23-14+. The number of rotatable bonds is 6. The zero-order valence-electron chi connectivity index (χ0n) is 17.9. The largest absolute Gasteiger partial charge is 0.488 e. The highest BCUT2D eigenvalue weighted by Gasteiger charge is 2.33. The molecular formula is C25H20BrClN2O2S2. The van der Waals surface area contributed by atoms with Gasteiger partial charge in [-0.3, -0.25) is 9.69 Å². The van der Waals surface area contributed by atoms with E-state index in [0.717, 1.165) is 27.0 Å². The fourth-order valence-corrected chi connectivity index (χ4v) is 5.24. The summed E-state index contributed by atoms with van der Waals surface area (Å²) in [7, 11) is 3.95. The molecule has 1 saturated heterocycles. The van der Waals surface area contributed by atoms with Gasteiger partial charge in [0.2, 0.25) is 0 Å². The highest BCUT2D eigenvalue weighted by molar-refractivity contribution is 9.10. The van der Waals surface area contributed by atoms with Gasteiger partial charge in [-0.05, 0) is 70.0 Å². The Morgan fingerprint density at radius 3 is 2.52 bits per heavy atom. The lowest BCUT2D eigenvalue weighted by Crippen LogP contribution is -2.27. The highest BCUT2D eigenvalue weighted by Crippen LogP contribution is 2.37. The van der Waals surface area contributed by atoms with Crippen molar-refractivity contribution >= 4 is 79.2 Å². The Balaban J connectivity index is 1.49. The number of hydrogen-bond donors (Lipinski definition) is 0. The molecule has 0 bridgehead atoms. The first-order valence-electron chi connectivity index (χ1n) is 10.0. The Kier molecular flexibility index (Phi) is 7.44. The maximum Gasteiger partial charge on any atom is 0.270 e. The lowest BCUT2D eigenvalue weighted by Gasteiger charge is -2.17. The minimum Gasteiger partial charge on any atom is -0.488 e. The number of carbonyl (C=O) groups is 1. The maximum absolute atomic E-state index is 13.1. The zero-order valence-corrected chi connectivity index (χ0v) is 21.9. The van der Waals surface area contributed by atoms with Crippen molar-refractivity contribution < 1.29 is 9.53 Å². The quantitative estimate of drug-likeness (QED) is 0.236. The summed E-state index contributed by atoms with van der Waals surface area (Å²) in [6.45, 7) is 0.364. The van der Waals surface area contributed by atoms with E-state index in [0.29, 0.717) is 26.6 Å². The maximum atomic E-state index is 13.1. The predicted molar refractivity (Wildman–Crippen MR) is 146 cm³/mol. The van der Waals surface area contributed by atoms with Gasteiger partial charge in [0.05, 0.1) is 15.1 Å². The third-order valence-electron chi connectivity index (χ3n) is 5.01. The molecular weight excluding hydrogens is 540 g/mol. The summed E-state index contributed by atoms with van der Waals surface area (Å²) in [6, 6.07) is 21.0. The van der Waals surface area contributed by atoms with Crippen LogP contribution in [0.1, 0.15) is 11.1 Å². The van der Waals surface area contributed by atoms with E-state index < -0.39 is 0 Å². The number of hydrogen-bond acceptors (Lipinski definition) is 5. The van der Waals surface area contributed by atoms with Crippen LogP contribution in [0.4, 0.5) is 11.4 Å². The van der Waals surface area contributed by atoms with Crippen LogP contribution in [0.3, 0.4) is 0 Å². The number of nitrogens with zero attached hydrogens (tertiary/aromatic N) is 2. The molecule has 33 heavy (non-hydrogen) atoms. The number of amides is 1. The van der Waals surface area contributed by atoms with Crippen molar-refractivity contribution in [2.24, 2.45) is 0 Å². The van der Waals surface area contributed by atoms with Gasteiger partial charge in [-0.25, -0.2) is 0 Å². The molecule has 4 rings (SSSR count). The van der Waals surface area contributed by atoms with Gasteiger partial charge in [-0.1, -0.05) is 59.8 Å². The van der Waals surface area contributed by atoms with Gasteiger partial charge >= 0.3 is 0 Å². The number of thiocarbonyl (C=S) groups is 1. The van der Waals surface area contributed by atoms with Crippen LogP contribution >= 0.6 is 51.5 Å². The molecule has 0 radical (unpaired) electrons. The second-order valence-electron chi connectivity index (χ2n) is 7.50. The van der Waals surface area contributed by atoms with E-state index in [9.17, 15) is 4.79 Å². The van der Waals surface area contributed by atoms with Crippen LogP contribution < -0.4 is 14.5 Å². The summed E-state index contributed by atoms with van der Waals surface area (Å²) in [6.07, 6.45) is 1.84. The SMILES string of the molecule is CN(C)c1ccc(N2C(=O)/C(=C\c3ccc(OCc4ccccc4Cl)c(Br)c3)SC2=S)cc1. The van der Waals surface area contributed by atoms with Crippen LogP contribution in [0.2, 0.25) is 5.02 Å². The van der Waals surface area contributed by atoms with E-state index in [1.165, 1.54) is 11.8 Å². The van der Waals surface area contributed by atoms with Crippen molar-refractivity contribution in [2.45, 2.75) is 6.61 Å². The fourth-order valence-electron chi connectivity index (χ4n) is 3.24. The molecule has 3 aromatic carbocycles. The summed E-state index contributed by atoms with van der Waals surface area (Å²) in [5, 5.41) is 0.670. The van der Waals surface area contributed by atoms with E-state index in [4.69, 9.17) is 28.6 Å². The van der Waals surface area contributed by atoms with Crippen molar-refractivity contribution in [3.8, 4) is 5.75 Å². The van der Waals surface area contributed by atoms with Gasteiger partial charge < -0.3 is 9.64 Å². The second kappa shape index (κ2) is 10.3. The topological polar surface area (TPSA) is 32.8 Å². The first-order chi connectivity index (χ1) is 15.8. The lowest BCUT2D eigenvalue weighted by molar-refractivity contribution is -0.113. The lowest BCUT2D eigenvalue weighted by atomic mass is 10.2. The van der Waals surface area contributed by atoms with Crippen LogP contribution in [0.25, 0.3) is 6.08 Å². The molecule has 1 heterocycles. The number of ether oxygens (including phenoxy) is 1. The van der Waals surface area contributed by atoms with Crippen molar-refractivity contribution in [1.82, 2.24) is 0 Å². The normalized spacial score (nSPS) is 14.8. The van der Waals surface area contributed by atoms with Gasteiger partial charge in [0, 0.05) is 30.4 Å². The smallest absolute Gasteiger partial charge is 0.270 e. The zero-order chi connectivity index (χ0) is 23.5. The third kappa shape index (κ3) is 5.44. The molecule has 0 atom stereocenters. The Bertz CT molecular complexity index is 1250. The monoisotopic (exact) mass is 558 g/mol. The molecule has 1 aliphatic rings. The average molecular weight is 560 g/mol. The number of benzene rings is 3. The minimum absolute atomic E-state index is 0.127. The molecule has 1 fully saturated rings. The van der Waals surface area contributed by atoms with E-state index in [1.807, 2.05) is 91.8 Å². The van der Waals surface area contributed by atoms with Crippen molar-refractivity contribution in [3.63, 3.8) is 0 Å². The molecule has 1 aliphatic heterocycles. The molecule has 0 spiro atoms. The van der Waals surface area contributed by atoms with Gasteiger partial charge in [0.1, 0.15) is 12.4 Å². The Morgan fingerprint density at radius 1 is 1.12 bits per heavy atom. The van der Waals surface area contributed by atoms with Crippen LogP contribution in [-0.4, -0.2) is 24.3 Å². The number of halogens is 2. The third-order valence-corrected chi connectivity index (χ3v) is 7.30. The molecule has 1 amide bonds. The van der Waals surface area contributed by atoms with Gasteiger partial charge in [-0.15, -0.1) is 0 Å². The predicted octanol–water partition coefficient (Wildman–Crippen LogP) is 7.15. The molecule has 0 aliphatic carbocycles. The summed E-state index contributed by atoms with van der Waals surface area (Å²) >= 11 is 16.6. The Morgan fingerprint density at radius 2 is 1.85 bits per heavy atom. The number of thioether (sulfide) groups is 1. The average Bonchev–Trinajstić information content (AvgIpc) is 3.07. The first-order valence-corrected chi connectivity index (χ1v) is 12.4. The van der Waals surface area contributed by atoms with Crippen LogP contribution in [0, 0.1) is 0 Å². The van der Waals surface area contributed by atoms with Gasteiger partial charge in [0.15, 0.2) is 4.32 Å². The van der Waals surface area contributed by atoms with Crippen molar-refractivity contribution in [2.75, 3.05) is 23.9 Å². The first kappa shape index (κ1) is 23.8. The summed E-state index contributed by atoms with van der Waals surface area (Å²) in [5.74, 6) is 0.568. The number of anilines is 2. The van der Waals surface area contributed by atoms with E-state index in [1.54, 1.807) is 4.90 Å². The molecule has 0 N–H and O–H groups in total. The Labute approximate surface area is 216 Å². The second-order valence-corrected chi connectivity index (χ2v) is 10.4. The van der Waals surface area contributed by atoms with E-state index >= 15 is 0 Å².